The van der Waals surface area contributed by atoms with Crippen LogP contribution in [0.3, 0.4) is 0 Å². The molecule has 16 heavy (non-hydrogen) atoms. The Balaban J connectivity index is 1.59. The number of allylic oxidation sites excluding steroid dienone is 2. The Bertz CT molecular complexity index is 413. The van der Waals surface area contributed by atoms with Crippen LogP contribution in [0.2, 0.25) is 0 Å². The summed E-state index contributed by atoms with van der Waals surface area (Å²) in [5.74, 6) is 2.55. The van der Waals surface area contributed by atoms with Gasteiger partial charge < -0.3 is 5.32 Å². The average Bonchev–Trinajstić information content (AvgIpc) is 2.88. The monoisotopic (exact) mass is 277 g/mol. The predicted molar refractivity (Wildman–Crippen MR) is 71.5 cm³/mol. The summed E-state index contributed by atoms with van der Waals surface area (Å²) in [4.78, 5) is 0. The van der Waals surface area contributed by atoms with E-state index in [1.165, 1.54) is 18.5 Å². The highest BCUT2D eigenvalue weighted by molar-refractivity contribution is 9.10. The second-order valence-corrected chi connectivity index (χ2v) is 5.85. The molecule has 0 heterocycles. The molecule has 2 heteroatoms. The fourth-order valence-corrected chi connectivity index (χ4v) is 3.38. The summed E-state index contributed by atoms with van der Waals surface area (Å²) < 4.78 is 1.14. The lowest BCUT2D eigenvalue weighted by molar-refractivity contribution is 0.472. The number of benzene rings is 1. The van der Waals surface area contributed by atoms with Gasteiger partial charge in [-0.3, -0.25) is 0 Å². The summed E-state index contributed by atoms with van der Waals surface area (Å²) >= 11 is 3.50. The van der Waals surface area contributed by atoms with Crippen molar-refractivity contribution in [3.05, 3.63) is 40.9 Å². The zero-order chi connectivity index (χ0) is 11.0. The number of anilines is 1. The molecule has 0 aromatic heterocycles. The summed E-state index contributed by atoms with van der Waals surface area (Å²) in [7, 11) is 0. The van der Waals surface area contributed by atoms with Crippen LogP contribution in [0.15, 0.2) is 40.9 Å². The number of nitrogens with one attached hydrogen (secondary N) is 1. The molecule has 0 amide bonds. The van der Waals surface area contributed by atoms with Crippen molar-refractivity contribution in [2.75, 3.05) is 11.9 Å². The maximum absolute atomic E-state index is 3.55. The van der Waals surface area contributed by atoms with Gasteiger partial charge in [0.15, 0.2) is 0 Å². The van der Waals surface area contributed by atoms with E-state index in [0.717, 1.165) is 28.8 Å². The average molecular weight is 278 g/mol. The van der Waals surface area contributed by atoms with Gasteiger partial charge in [0.05, 0.1) is 0 Å². The van der Waals surface area contributed by atoms with Crippen molar-refractivity contribution in [3.63, 3.8) is 0 Å². The maximum atomic E-state index is 3.55. The van der Waals surface area contributed by atoms with Crippen molar-refractivity contribution in [1.82, 2.24) is 0 Å². The van der Waals surface area contributed by atoms with Gasteiger partial charge in [-0.25, -0.2) is 0 Å². The molecule has 1 aromatic carbocycles. The second-order valence-electron chi connectivity index (χ2n) is 4.93. The van der Waals surface area contributed by atoms with E-state index in [4.69, 9.17) is 0 Å². The third kappa shape index (κ3) is 2.03. The van der Waals surface area contributed by atoms with Crippen molar-refractivity contribution in [1.29, 1.82) is 0 Å². The molecular formula is C14H16BrN. The Morgan fingerprint density at radius 2 is 2.19 bits per heavy atom. The van der Waals surface area contributed by atoms with E-state index in [-0.39, 0.29) is 0 Å². The first-order chi connectivity index (χ1) is 7.81. The number of hydrogen-bond acceptors (Lipinski definition) is 1. The van der Waals surface area contributed by atoms with Crippen LogP contribution in [0, 0.1) is 17.8 Å². The minimum Gasteiger partial charge on any atom is -0.385 e. The fourth-order valence-electron chi connectivity index (χ4n) is 2.98. The van der Waals surface area contributed by atoms with Gasteiger partial charge in [-0.05, 0) is 48.8 Å². The third-order valence-electron chi connectivity index (χ3n) is 3.81. The standard InChI is InChI=1S/C14H16BrN/c15-13-2-1-3-14(8-13)16-9-12-7-10-4-5-11(12)6-10/h1-5,8,10-12,16H,6-7,9H2. The topological polar surface area (TPSA) is 12.0 Å². The first kappa shape index (κ1) is 10.4. The molecule has 1 aromatic rings. The molecular weight excluding hydrogens is 262 g/mol. The van der Waals surface area contributed by atoms with Crippen LogP contribution in [0.5, 0.6) is 0 Å². The molecule has 3 unspecified atom stereocenters. The van der Waals surface area contributed by atoms with Crippen molar-refractivity contribution >= 4 is 21.6 Å². The highest BCUT2D eigenvalue weighted by Gasteiger charge is 2.35. The molecule has 2 aliphatic carbocycles. The Morgan fingerprint density at radius 1 is 1.25 bits per heavy atom. The minimum absolute atomic E-state index is 0.838. The molecule has 3 atom stereocenters. The Hall–Kier alpha value is -0.760. The van der Waals surface area contributed by atoms with Crippen LogP contribution >= 0.6 is 15.9 Å². The fraction of sp³-hybridized carbons (Fsp3) is 0.429. The lowest BCUT2D eigenvalue weighted by Crippen LogP contribution is -2.18. The third-order valence-corrected chi connectivity index (χ3v) is 4.30. The molecule has 1 fully saturated rings. The smallest absolute Gasteiger partial charge is 0.0351 e. The molecule has 2 aliphatic rings. The SMILES string of the molecule is Brc1cccc(NCC2CC3C=CC2C3)c1. The van der Waals surface area contributed by atoms with E-state index in [1.54, 1.807) is 0 Å². The molecule has 0 saturated heterocycles. The van der Waals surface area contributed by atoms with Crippen LogP contribution in [0.25, 0.3) is 0 Å². The molecule has 84 valence electrons. The van der Waals surface area contributed by atoms with E-state index in [0.29, 0.717) is 0 Å². The Labute approximate surface area is 105 Å². The predicted octanol–water partition coefficient (Wildman–Crippen LogP) is 4.07. The van der Waals surface area contributed by atoms with Gasteiger partial charge in [-0.2, -0.15) is 0 Å². The molecule has 0 aliphatic heterocycles. The Morgan fingerprint density at radius 3 is 2.88 bits per heavy atom. The van der Waals surface area contributed by atoms with Crippen molar-refractivity contribution in [3.8, 4) is 0 Å². The van der Waals surface area contributed by atoms with E-state index < -0.39 is 0 Å². The first-order valence-corrected chi connectivity index (χ1v) is 6.78. The minimum atomic E-state index is 0.838. The van der Waals surface area contributed by atoms with E-state index in [9.17, 15) is 0 Å². The van der Waals surface area contributed by atoms with Crippen LogP contribution in [0.1, 0.15) is 12.8 Å². The molecule has 3 rings (SSSR count). The molecule has 1 saturated carbocycles. The zero-order valence-electron chi connectivity index (χ0n) is 9.20. The van der Waals surface area contributed by atoms with Crippen molar-refractivity contribution in [2.24, 2.45) is 17.8 Å². The number of rotatable bonds is 3. The zero-order valence-corrected chi connectivity index (χ0v) is 10.8. The molecule has 2 bridgehead atoms. The van der Waals surface area contributed by atoms with Gasteiger partial charge in [0.1, 0.15) is 0 Å². The van der Waals surface area contributed by atoms with Gasteiger partial charge >= 0.3 is 0 Å². The largest absolute Gasteiger partial charge is 0.385 e. The maximum Gasteiger partial charge on any atom is 0.0351 e. The lowest BCUT2D eigenvalue weighted by Gasteiger charge is -2.19. The number of hydrogen-bond donors (Lipinski definition) is 1. The van der Waals surface area contributed by atoms with E-state index in [1.807, 2.05) is 0 Å². The van der Waals surface area contributed by atoms with Gasteiger partial charge in [-0.1, -0.05) is 34.1 Å². The van der Waals surface area contributed by atoms with E-state index >= 15 is 0 Å². The van der Waals surface area contributed by atoms with Crippen LogP contribution < -0.4 is 5.32 Å². The number of halogens is 1. The van der Waals surface area contributed by atoms with Gasteiger partial charge in [0.25, 0.3) is 0 Å². The highest BCUT2D eigenvalue weighted by atomic mass is 79.9. The summed E-state index contributed by atoms with van der Waals surface area (Å²) in [5, 5.41) is 3.55. The van der Waals surface area contributed by atoms with Crippen LogP contribution in [-0.4, -0.2) is 6.54 Å². The Kier molecular flexibility index (Phi) is 2.76. The summed E-state index contributed by atoms with van der Waals surface area (Å²) in [6, 6.07) is 8.41. The summed E-state index contributed by atoms with van der Waals surface area (Å²) in [6.07, 6.45) is 7.59. The van der Waals surface area contributed by atoms with Crippen molar-refractivity contribution in [2.45, 2.75) is 12.8 Å². The molecule has 0 spiro atoms. The van der Waals surface area contributed by atoms with E-state index in [2.05, 4.69) is 57.7 Å². The quantitative estimate of drug-likeness (QED) is 0.822. The van der Waals surface area contributed by atoms with Crippen LogP contribution in [-0.2, 0) is 0 Å². The van der Waals surface area contributed by atoms with Gasteiger partial charge in [0, 0.05) is 16.7 Å². The highest BCUT2D eigenvalue weighted by Crippen LogP contribution is 2.43. The molecule has 0 radical (unpaired) electrons. The molecule has 1 N–H and O–H groups in total. The van der Waals surface area contributed by atoms with Gasteiger partial charge in [0.2, 0.25) is 0 Å². The van der Waals surface area contributed by atoms with Crippen LogP contribution in [0.4, 0.5) is 5.69 Å². The lowest BCUT2D eigenvalue weighted by atomic mass is 9.93. The van der Waals surface area contributed by atoms with Gasteiger partial charge in [-0.15, -0.1) is 0 Å². The summed E-state index contributed by atoms with van der Waals surface area (Å²) in [5.41, 5.74) is 1.22. The summed E-state index contributed by atoms with van der Waals surface area (Å²) in [6.45, 7) is 1.11. The number of fused-ring (bicyclic) bond motifs is 2. The van der Waals surface area contributed by atoms with Crippen molar-refractivity contribution < 1.29 is 0 Å². The normalized spacial score (nSPS) is 30.9. The second kappa shape index (κ2) is 4.25. The molecule has 1 nitrogen and oxygen atoms in total. The first-order valence-electron chi connectivity index (χ1n) is 5.99.